The third kappa shape index (κ3) is 3.94. The Morgan fingerprint density at radius 2 is 2.05 bits per heavy atom. The van der Waals surface area contributed by atoms with Crippen molar-refractivity contribution in [2.45, 2.75) is 13.3 Å². The Hall–Kier alpha value is -1.07. The highest BCUT2D eigenvalue weighted by atomic mass is 79.9. The Morgan fingerprint density at radius 3 is 2.79 bits per heavy atom. The predicted molar refractivity (Wildman–Crippen MR) is 81.6 cm³/mol. The van der Waals surface area contributed by atoms with Crippen molar-refractivity contribution >= 4 is 27.6 Å². The highest BCUT2D eigenvalue weighted by Crippen LogP contribution is 2.20. The van der Waals surface area contributed by atoms with E-state index in [1.54, 1.807) is 0 Å². The van der Waals surface area contributed by atoms with Crippen molar-refractivity contribution in [2.24, 2.45) is 0 Å². The summed E-state index contributed by atoms with van der Waals surface area (Å²) in [5, 5.41) is 3.00. The molecular formula is C14H20BrN3O. The van der Waals surface area contributed by atoms with Gasteiger partial charge in [-0.2, -0.15) is 0 Å². The van der Waals surface area contributed by atoms with Crippen LogP contribution in [0.1, 0.15) is 12.0 Å². The summed E-state index contributed by atoms with van der Waals surface area (Å²) in [5.41, 5.74) is 1.94. The lowest BCUT2D eigenvalue weighted by Crippen LogP contribution is -2.37. The maximum Gasteiger partial charge on any atom is 0.321 e. The molecule has 0 radical (unpaired) electrons. The summed E-state index contributed by atoms with van der Waals surface area (Å²) in [6.45, 7) is 5.61. The number of halogens is 1. The Labute approximate surface area is 122 Å². The molecule has 1 N–H and O–H groups in total. The van der Waals surface area contributed by atoms with Gasteiger partial charge in [-0.3, -0.25) is 0 Å². The van der Waals surface area contributed by atoms with Crippen LogP contribution < -0.4 is 5.32 Å². The van der Waals surface area contributed by atoms with E-state index in [9.17, 15) is 4.79 Å². The van der Waals surface area contributed by atoms with E-state index in [0.29, 0.717) is 0 Å². The van der Waals surface area contributed by atoms with Crippen LogP contribution in [0.4, 0.5) is 10.5 Å². The molecule has 104 valence electrons. The van der Waals surface area contributed by atoms with Crippen molar-refractivity contribution in [1.82, 2.24) is 9.80 Å². The van der Waals surface area contributed by atoms with Gasteiger partial charge in [0.05, 0.1) is 0 Å². The van der Waals surface area contributed by atoms with Crippen molar-refractivity contribution < 1.29 is 4.79 Å². The summed E-state index contributed by atoms with van der Waals surface area (Å²) in [7, 11) is 2.10. The fourth-order valence-electron chi connectivity index (χ4n) is 2.21. The number of anilines is 1. The first-order valence-corrected chi connectivity index (χ1v) is 7.36. The average molecular weight is 326 g/mol. The van der Waals surface area contributed by atoms with Gasteiger partial charge in [0.2, 0.25) is 0 Å². The van der Waals surface area contributed by atoms with Crippen LogP contribution in [0, 0.1) is 6.92 Å². The lowest BCUT2D eigenvalue weighted by atomic mass is 10.2. The van der Waals surface area contributed by atoms with E-state index in [-0.39, 0.29) is 6.03 Å². The van der Waals surface area contributed by atoms with E-state index in [0.717, 1.165) is 48.3 Å². The second-order valence-electron chi connectivity index (χ2n) is 5.03. The third-order valence-electron chi connectivity index (χ3n) is 3.44. The lowest BCUT2D eigenvalue weighted by Gasteiger charge is -2.21. The summed E-state index contributed by atoms with van der Waals surface area (Å²) in [6.07, 6.45) is 1.03. The normalized spacial score (nSPS) is 17.1. The maximum absolute atomic E-state index is 12.2. The van der Waals surface area contributed by atoms with Gasteiger partial charge in [0, 0.05) is 29.8 Å². The van der Waals surface area contributed by atoms with Gasteiger partial charge in [-0.25, -0.2) is 4.79 Å². The standard InChI is InChI=1S/C14H20BrN3O/c1-11-10-12(15)4-5-13(11)16-14(19)18-7-3-6-17(2)8-9-18/h4-5,10H,3,6-9H2,1-2H3,(H,16,19). The van der Waals surface area contributed by atoms with Gasteiger partial charge in [-0.1, -0.05) is 15.9 Å². The highest BCUT2D eigenvalue weighted by Gasteiger charge is 2.17. The van der Waals surface area contributed by atoms with E-state index in [1.165, 1.54) is 0 Å². The smallest absolute Gasteiger partial charge is 0.321 e. The largest absolute Gasteiger partial charge is 0.323 e. The summed E-state index contributed by atoms with van der Waals surface area (Å²) < 4.78 is 1.03. The number of nitrogens with one attached hydrogen (secondary N) is 1. The summed E-state index contributed by atoms with van der Waals surface area (Å²) in [5.74, 6) is 0. The number of urea groups is 1. The molecule has 2 amide bonds. The van der Waals surface area contributed by atoms with Gasteiger partial charge in [-0.15, -0.1) is 0 Å². The molecule has 1 aliphatic rings. The van der Waals surface area contributed by atoms with Crippen molar-refractivity contribution in [3.8, 4) is 0 Å². The molecule has 1 saturated heterocycles. The van der Waals surface area contributed by atoms with Crippen molar-refractivity contribution in [2.75, 3.05) is 38.5 Å². The lowest BCUT2D eigenvalue weighted by molar-refractivity contribution is 0.213. The zero-order valence-corrected chi connectivity index (χ0v) is 13.0. The Bertz CT molecular complexity index is 464. The molecule has 0 saturated carbocycles. The molecule has 0 aromatic heterocycles. The molecule has 1 heterocycles. The minimum Gasteiger partial charge on any atom is -0.323 e. The van der Waals surface area contributed by atoms with Crippen LogP contribution in [0.5, 0.6) is 0 Å². The first-order valence-electron chi connectivity index (χ1n) is 6.57. The molecule has 1 aromatic carbocycles. The van der Waals surface area contributed by atoms with Gasteiger partial charge in [-0.05, 0) is 50.7 Å². The van der Waals surface area contributed by atoms with Crippen molar-refractivity contribution in [1.29, 1.82) is 0 Å². The van der Waals surface area contributed by atoms with E-state index in [1.807, 2.05) is 30.0 Å². The average Bonchev–Trinajstić information content (AvgIpc) is 2.57. The second-order valence-corrected chi connectivity index (χ2v) is 5.95. The summed E-state index contributed by atoms with van der Waals surface area (Å²) >= 11 is 3.43. The first-order chi connectivity index (χ1) is 9.06. The molecule has 0 atom stereocenters. The van der Waals surface area contributed by atoms with Gasteiger partial charge in [0.1, 0.15) is 0 Å². The number of likely N-dealkylation sites (N-methyl/N-ethyl adjacent to an activating group) is 1. The Morgan fingerprint density at radius 1 is 1.26 bits per heavy atom. The van der Waals surface area contributed by atoms with E-state index in [4.69, 9.17) is 0 Å². The fourth-order valence-corrected chi connectivity index (χ4v) is 2.69. The van der Waals surface area contributed by atoms with Gasteiger partial charge < -0.3 is 15.1 Å². The molecule has 1 aromatic rings. The minimum atomic E-state index is 0.000669. The number of hydrogen-bond donors (Lipinski definition) is 1. The van der Waals surface area contributed by atoms with Crippen LogP contribution in [0.2, 0.25) is 0 Å². The summed E-state index contributed by atoms with van der Waals surface area (Å²) in [4.78, 5) is 16.4. The van der Waals surface area contributed by atoms with Gasteiger partial charge in [0.25, 0.3) is 0 Å². The van der Waals surface area contributed by atoms with Crippen molar-refractivity contribution in [3.63, 3.8) is 0 Å². The molecule has 0 spiro atoms. The van der Waals surface area contributed by atoms with Crippen LogP contribution in [0.25, 0.3) is 0 Å². The molecule has 0 aliphatic carbocycles. The van der Waals surface area contributed by atoms with Crippen LogP contribution in [-0.4, -0.2) is 49.1 Å². The molecule has 5 heteroatoms. The number of amides is 2. The molecular weight excluding hydrogens is 306 g/mol. The number of carbonyl (C=O) groups is 1. The molecule has 2 rings (SSSR count). The molecule has 19 heavy (non-hydrogen) atoms. The number of benzene rings is 1. The molecule has 1 aliphatic heterocycles. The number of carbonyl (C=O) groups excluding carboxylic acids is 1. The SMILES string of the molecule is Cc1cc(Br)ccc1NC(=O)N1CCCN(C)CC1. The number of hydrogen-bond acceptors (Lipinski definition) is 2. The third-order valence-corrected chi connectivity index (χ3v) is 3.93. The topological polar surface area (TPSA) is 35.6 Å². The van der Waals surface area contributed by atoms with E-state index >= 15 is 0 Å². The number of nitrogens with zero attached hydrogens (tertiary/aromatic N) is 2. The van der Waals surface area contributed by atoms with E-state index in [2.05, 4.69) is 33.2 Å². The van der Waals surface area contributed by atoms with Gasteiger partial charge in [0.15, 0.2) is 0 Å². The zero-order chi connectivity index (χ0) is 13.8. The summed E-state index contributed by atoms with van der Waals surface area (Å²) in [6, 6.07) is 5.88. The highest BCUT2D eigenvalue weighted by molar-refractivity contribution is 9.10. The Balaban J connectivity index is 2.00. The first kappa shape index (κ1) is 14.3. The van der Waals surface area contributed by atoms with Crippen LogP contribution >= 0.6 is 15.9 Å². The second kappa shape index (κ2) is 6.39. The zero-order valence-electron chi connectivity index (χ0n) is 11.4. The monoisotopic (exact) mass is 325 g/mol. The number of rotatable bonds is 1. The van der Waals surface area contributed by atoms with Crippen LogP contribution in [-0.2, 0) is 0 Å². The molecule has 0 unspecified atom stereocenters. The quantitative estimate of drug-likeness (QED) is 0.861. The number of aryl methyl sites for hydroxylation is 1. The Kier molecular flexibility index (Phi) is 4.82. The minimum absolute atomic E-state index is 0.000669. The molecule has 0 bridgehead atoms. The maximum atomic E-state index is 12.2. The molecule has 4 nitrogen and oxygen atoms in total. The van der Waals surface area contributed by atoms with Crippen molar-refractivity contribution in [3.05, 3.63) is 28.2 Å². The molecule has 1 fully saturated rings. The van der Waals surface area contributed by atoms with Crippen LogP contribution in [0.3, 0.4) is 0 Å². The van der Waals surface area contributed by atoms with E-state index < -0.39 is 0 Å². The fraction of sp³-hybridized carbons (Fsp3) is 0.500. The van der Waals surface area contributed by atoms with Crippen LogP contribution in [0.15, 0.2) is 22.7 Å². The predicted octanol–water partition coefficient (Wildman–Crippen LogP) is 2.93. The van der Waals surface area contributed by atoms with Gasteiger partial charge >= 0.3 is 6.03 Å².